The third kappa shape index (κ3) is 5.13. The van der Waals surface area contributed by atoms with Crippen LogP contribution in [0.25, 0.3) is 0 Å². The third-order valence-electron chi connectivity index (χ3n) is 2.40. The molecule has 0 aliphatic carbocycles. The van der Waals surface area contributed by atoms with E-state index < -0.39 is 18.0 Å². The van der Waals surface area contributed by atoms with Gasteiger partial charge in [0.1, 0.15) is 0 Å². The first-order valence-corrected chi connectivity index (χ1v) is 7.95. The molecule has 21 heavy (non-hydrogen) atoms. The van der Waals surface area contributed by atoms with Crippen LogP contribution in [0.2, 0.25) is 5.02 Å². The number of benzene rings is 1. The molecule has 0 spiro atoms. The number of halogens is 3. The predicted octanol–water partition coefficient (Wildman–Crippen LogP) is 4.67. The van der Waals surface area contributed by atoms with Crippen molar-refractivity contribution in [2.24, 2.45) is 0 Å². The van der Waals surface area contributed by atoms with E-state index in [4.69, 9.17) is 21.1 Å². The second-order valence-corrected chi connectivity index (χ2v) is 6.38. The average Bonchev–Trinajstić information content (AvgIpc) is 2.39. The lowest BCUT2D eigenvalue weighted by molar-refractivity contribution is -0.159. The maximum Gasteiger partial charge on any atom is 0.352 e. The number of esters is 2. The Morgan fingerprint density at radius 3 is 2.48 bits per heavy atom. The van der Waals surface area contributed by atoms with Gasteiger partial charge >= 0.3 is 11.9 Å². The van der Waals surface area contributed by atoms with Crippen LogP contribution in [0.3, 0.4) is 0 Å². The van der Waals surface area contributed by atoms with E-state index in [-0.39, 0.29) is 22.8 Å². The lowest BCUT2D eigenvalue weighted by Gasteiger charge is -2.16. The molecular formula is C14H13Br2ClO4. The first-order valence-electron chi connectivity index (χ1n) is 5.99. The number of hydrogen-bond donors (Lipinski definition) is 0. The first-order chi connectivity index (χ1) is 9.76. The Bertz CT molecular complexity index is 563. The van der Waals surface area contributed by atoms with Gasteiger partial charge in [-0.05, 0) is 41.4 Å². The molecule has 114 valence electrons. The number of hydrogen-bond acceptors (Lipinski definition) is 4. The Hall–Kier alpha value is -0.850. The summed E-state index contributed by atoms with van der Waals surface area (Å²) < 4.78 is 11.5. The summed E-state index contributed by atoms with van der Waals surface area (Å²) in [7, 11) is 0. The minimum Gasteiger partial charge on any atom is -0.447 e. The van der Waals surface area contributed by atoms with Crippen molar-refractivity contribution in [1.82, 2.24) is 0 Å². The Morgan fingerprint density at radius 1 is 1.38 bits per heavy atom. The van der Waals surface area contributed by atoms with Crippen molar-refractivity contribution in [1.29, 1.82) is 0 Å². The topological polar surface area (TPSA) is 52.6 Å². The molecule has 1 unspecified atom stereocenters. The van der Waals surface area contributed by atoms with E-state index in [0.29, 0.717) is 4.47 Å². The number of carbonyl (C=O) groups excluding carboxylic acids is 2. The van der Waals surface area contributed by atoms with E-state index in [2.05, 4.69) is 38.4 Å². The van der Waals surface area contributed by atoms with E-state index in [1.807, 2.05) is 0 Å². The minimum atomic E-state index is -1.01. The lowest BCUT2D eigenvalue weighted by Crippen LogP contribution is -2.31. The molecule has 1 atom stereocenters. The Labute approximate surface area is 144 Å². The van der Waals surface area contributed by atoms with Gasteiger partial charge in [-0.3, -0.25) is 0 Å². The Kier molecular flexibility index (Phi) is 6.90. The third-order valence-corrected chi connectivity index (χ3v) is 3.72. The highest BCUT2D eigenvalue weighted by Crippen LogP contribution is 2.36. The van der Waals surface area contributed by atoms with E-state index >= 15 is 0 Å². The molecular weight excluding hydrogens is 427 g/mol. The highest BCUT2D eigenvalue weighted by Gasteiger charge is 2.25. The fourth-order valence-electron chi connectivity index (χ4n) is 1.32. The maximum absolute atomic E-state index is 12.1. The summed E-state index contributed by atoms with van der Waals surface area (Å²) >= 11 is 12.6. The van der Waals surface area contributed by atoms with Crippen molar-refractivity contribution in [3.05, 3.63) is 38.3 Å². The quantitative estimate of drug-likeness (QED) is 0.379. The summed E-state index contributed by atoms with van der Waals surface area (Å²) in [4.78, 5) is 23.5. The fourth-order valence-corrected chi connectivity index (χ4v) is 3.13. The van der Waals surface area contributed by atoms with Gasteiger partial charge in [-0.1, -0.05) is 41.0 Å². The molecule has 0 N–H and O–H groups in total. The van der Waals surface area contributed by atoms with Crippen molar-refractivity contribution in [3.63, 3.8) is 0 Å². The predicted molar refractivity (Wildman–Crippen MR) is 87.5 cm³/mol. The maximum atomic E-state index is 12.1. The van der Waals surface area contributed by atoms with Gasteiger partial charge in [0.15, 0.2) is 11.9 Å². The molecule has 0 radical (unpaired) electrons. The van der Waals surface area contributed by atoms with Crippen LogP contribution in [-0.2, 0) is 14.3 Å². The zero-order chi connectivity index (χ0) is 16.2. The first kappa shape index (κ1) is 18.2. The number of rotatable bonds is 5. The lowest BCUT2D eigenvalue weighted by atomic mass is 10.2. The molecule has 0 saturated carbocycles. The van der Waals surface area contributed by atoms with Crippen LogP contribution in [0.5, 0.6) is 5.75 Å². The summed E-state index contributed by atoms with van der Waals surface area (Å²) in [5, 5.41) is 0.255. The van der Waals surface area contributed by atoms with Gasteiger partial charge in [-0.25, -0.2) is 9.59 Å². The molecule has 0 aliphatic rings. The zero-order valence-corrected chi connectivity index (χ0v) is 15.3. The van der Waals surface area contributed by atoms with Gasteiger partial charge in [-0.15, -0.1) is 0 Å². The summed E-state index contributed by atoms with van der Waals surface area (Å²) in [6.07, 6.45) is -0.732. The van der Waals surface area contributed by atoms with Crippen LogP contribution in [0, 0.1) is 0 Å². The number of ether oxygens (including phenoxy) is 2. The molecule has 0 aliphatic heterocycles. The van der Waals surface area contributed by atoms with E-state index in [0.717, 1.165) is 4.47 Å². The highest BCUT2D eigenvalue weighted by molar-refractivity contribution is 9.11. The standard InChI is InChI=1S/C14H13Br2ClO4/c1-4-11(20-13(18)7(2)3)14(19)21-12-9(16)5-8(15)6-10(12)17/h5-6,11H,2,4H2,1,3H3. The SMILES string of the molecule is C=C(C)C(=O)OC(CC)C(=O)Oc1c(Cl)cc(Br)cc1Br. The second kappa shape index (κ2) is 7.96. The van der Waals surface area contributed by atoms with Gasteiger partial charge in [0.2, 0.25) is 0 Å². The molecule has 0 fully saturated rings. The largest absolute Gasteiger partial charge is 0.447 e. The Balaban J connectivity index is 2.89. The zero-order valence-electron chi connectivity index (χ0n) is 11.4. The van der Waals surface area contributed by atoms with Crippen molar-refractivity contribution in [2.45, 2.75) is 26.4 Å². The van der Waals surface area contributed by atoms with Gasteiger partial charge in [0, 0.05) is 10.0 Å². The smallest absolute Gasteiger partial charge is 0.352 e. The summed E-state index contributed by atoms with van der Waals surface area (Å²) in [5.74, 6) is -1.16. The van der Waals surface area contributed by atoms with Crippen LogP contribution in [0.1, 0.15) is 20.3 Å². The van der Waals surface area contributed by atoms with Crippen molar-refractivity contribution >= 4 is 55.4 Å². The minimum absolute atomic E-state index is 0.176. The number of carbonyl (C=O) groups is 2. The Morgan fingerprint density at radius 2 is 2.00 bits per heavy atom. The monoisotopic (exact) mass is 438 g/mol. The average molecular weight is 441 g/mol. The molecule has 1 rings (SSSR count). The molecule has 0 heterocycles. The van der Waals surface area contributed by atoms with Crippen LogP contribution in [0.4, 0.5) is 0 Å². The summed E-state index contributed by atoms with van der Waals surface area (Å²) in [5.41, 5.74) is 0.212. The van der Waals surface area contributed by atoms with Crippen LogP contribution >= 0.6 is 43.5 Å². The summed E-state index contributed by atoms with van der Waals surface area (Å²) in [6.45, 7) is 6.67. The molecule has 0 bridgehead atoms. The van der Waals surface area contributed by atoms with Crippen molar-refractivity contribution in [2.75, 3.05) is 0 Å². The second-order valence-electron chi connectivity index (χ2n) is 4.20. The highest BCUT2D eigenvalue weighted by atomic mass is 79.9. The van der Waals surface area contributed by atoms with Crippen molar-refractivity contribution in [3.8, 4) is 5.75 Å². The van der Waals surface area contributed by atoms with Gasteiger partial charge in [0.05, 0.1) is 9.50 Å². The van der Waals surface area contributed by atoms with Gasteiger partial charge in [0.25, 0.3) is 0 Å². The van der Waals surface area contributed by atoms with E-state index in [9.17, 15) is 9.59 Å². The normalized spacial score (nSPS) is 11.7. The van der Waals surface area contributed by atoms with Crippen molar-refractivity contribution < 1.29 is 19.1 Å². The molecule has 0 saturated heterocycles. The molecule has 1 aromatic rings. The molecule has 1 aromatic carbocycles. The molecule has 7 heteroatoms. The molecule has 0 aromatic heterocycles. The van der Waals surface area contributed by atoms with Gasteiger partial charge in [-0.2, -0.15) is 0 Å². The van der Waals surface area contributed by atoms with Crippen LogP contribution < -0.4 is 4.74 Å². The molecule has 4 nitrogen and oxygen atoms in total. The molecule has 0 amide bonds. The van der Waals surface area contributed by atoms with Gasteiger partial charge < -0.3 is 9.47 Å². The van der Waals surface area contributed by atoms with E-state index in [1.165, 1.54) is 6.92 Å². The fraction of sp³-hybridized carbons (Fsp3) is 0.286. The van der Waals surface area contributed by atoms with E-state index in [1.54, 1.807) is 19.1 Å². The van der Waals surface area contributed by atoms with Crippen LogP contribution in [-0.4, -0.2) is 18.0 Å². The summed E-state index contributed by atoms with van der Waals surface area (Å²) in [6, 6.07) is 3.28. The van der Waals surface area contributed by atoms with Crippen LogP contribution in [0.15, 0.2) is 33.2 Å².